The monoisotopic (exact) mass is 479 g/mol. The van der Waals surface area contributed by atoms with E-state index in [0.717, 1.165) is 17.7 Å². The highest BCUT2D eigenvalue weighted by Gasteiger charge is 2.30. The summed E-state index contributed by atoms with van der Waals surface area (Å²) in [5.41, 5.74) is 2.12. The molecule has 2 aromatic carbocycles. The van der Waals surface area contributed by atoms with Gasteiger partial charge in [0.2, 0.25) is 0 Å². The predicted molar refractivity (Wildman–Crippen MR) is 126 cm³/mol. The average Bonchev–Trinajstić information content (AvgIpc) is 2.86. The number of hydrogen-bond donors (Lipinski definition) is 3. The lowest BCUT2D eigenvalue weighted by Crippen LogP contribution is -2.14. The summed E-state index contributed by atoms with van der Waals surface area (Å²) < 4.78 is 39.0. The third-order valence-electron chi connectivity index (χ3n) is 5.11. The van der Waals surface area contributed by atoms with Crippen LogP contribution < -0.4 is 16.0 Å². The third-order valence-corrected chi connectivity index (χ3v) is 5.11. The van der Waals surface area contributed by atoms with Gasteiger partial charge in [-0.3, -0.25) is 4.79 Å². The van der Waals surface area contributed by atoms with Crippen molar-refractivity contribution in [1.82, 2.24) is 19.9 Å². The minimum absolute atomic E-state index is 0.0999. The third kappa shape index (κ3) is 5.52. The number of aryl methyl sites for hydroxylation is 1. The molecule has 2 heterocycles. The average molecular weight is 479 g/mol. The number of carbonyl (C=O) groups excluding carboxylic acids is 1. The van der Waals surface area contributed by atoms with Crippen LogP contribution in [-0.2, 0) is 6.18 Å². The minimum Gasteiger partial charge on any atom is -0.373 e. The quantitative estimate of drug-likeness (QED) is 0.345. The summed E-state index contributed by atoms with van der Waals surface area (Å²) in [5.74, 6) is 0.444. The molecule has 3 N–H and O–H groups in total. The summed E-state index contributed by atoms with van der Waals surface area (Å²) in [4.78, 5) is 29.4. The summed E-state index contributed by atoms with van der Waals surface area (Å²) in [5, 5.41) is 8.82. The Morgan fingerprint density at radius 2 is 1.80 bits per heavy atom. The van der Waals surface area contributed by atoms with E-state index in [2.05, 4.69) is 35.9 Å². The summed E-state index contributed by atoms with van der Waals surface area (Å²) in [6.45, 7) is 1.87. The van der Waals surface area contributed by atoms with E-state index in [9.17, 15) is 18.0 Å². The summed E-state index contributed by atoms with van der Waals surface area (Å²) in [6, 6.07) is 11.1. The van der Waals surface area contributed by atoms with Gasteiger partial charge in [-0.15, -0.1) is 0 Å². The largest absolute Gasteiger partial charge is 0.416 e. The van der Waals surface area contributed by atoms with Gasteiger partial charge in [0.15, 0.2) is 0 Å². The number of halogens is 3. The molecule has 0 saturated heterocycles. The minimum atomic E-state index is -4.54. The molecule has 178 valence electrons. The molecule has 8 nitrogen and oxygen atoms in total. The molecular weight excluding hydrogens is 459 g/mol. The summed E-state index contributed by atoms with van der Waals surface area (Å²) in [6.07, 6.45) is -0.108. The molecule has 4 rings (SSSR count). The summed E-state index contributed by atoms with van der Waals surface area (Å²) in [7, 11) is 1.75. The number of amides is 1. The standard InChI is InChI=1S/C24H20F3N7O/c1-14-6-7-17(33-23(35)15-4-3-5-16(8-15)24(25,26)27)9-19(14)34-22-18(11-29-12-32-22)20-10-21(28-2)31-13-30-20/h3-13H,1-2H3,(H,33,35)(H,28,30,31)(H,29,32,34). The SMILES string of the molecule is CNc1cc(-c2cncnc2Nc2cc(NC(=O)c3cccc(C(F)(F)F)c3)ccc2C)ncn1. The van der Waals surface area contributed by atoms with Crippen LogP contribution in [0.3, 0.4) is 0 Å². The van der Waals surface area contributed by atoms with E-state index in [-0.39, 0.29) is 5.56 Å². The number of anilines is 4. The van der Waals surface area contributed by atoms with Crippen LogP contribution >= 0.6 is 0 Å². The molecule has 2 aromatic heterocycles. The number of benzene rings is 2. The maximum absolute atomic E-state index is 13.0. The zero-order chi connectivity index (χ0) is 25.0. The second-order valence-corrected chi connectivity index (χ2v) is 7.51. The van der Waals surface area contributed by atoms with Gasteiger partial charge in [-0.2, -0.15) is 13.2 Å². The highest BCUT2D eigenvalue weighted by atomic mass is 19.4. The first-order chi connectivity index (χ1) is 16.7. The van der Waals surface area contributed by atoms with Crippen LogP contribution in [0.2, 0.25) is 0 Å². The number of aromatic nitrogens is 4. The van der Waals surface area contributed by atoms with E-state index in [1.165, 1.54) is 24.8 Å². The number of nitrogens with one attached hydrogen (secondary N) is 3. The van der Waals surface area contributed by atoms with Crippen LogP contribution in [0.4, 0.5) is 36.2 Å². The van der Waals surface area contributed by atoms with E-state index in [1.807, 2.05) is 6.92 Å². The van der Waals surface area contributed by atoms with Crippen molar-refractivity contribution in [1.29, 1.82) is 0 Å². The van der Waals surface area contributed by atoms with Crippen molar-refractivity contribution in [3.8, 4) is 11.3 Å². The highest BCUT2D eigenvalue weighted by Crippen LogP contribution is 2.31. The summed E-state index contributed by atoms with van der Waals surface area (Å²) >= 11 is 0. The fourth-order valence-electron chi connectivity index (χ4n) is 3.26. The van der Waals surface area contributed by atoms with Gasteiger partial charge < -0.3 is 16.0 Å². The molecule has 0 aliphatic carbocycles. The zero-order valence-corrected chi connectivity index (χ0v) is 18.7. The number of rotatable bonds is 6. The van der Waals surface area contributed by atoms with E-state index >= 15 is 0 Å². The zero-order valence-electron chi connectivity index (χ0n) is 18.7. The predicted octanol–water partition coefficient (Wildman–Crippen LogP) is 5.30. The topological polar surface area (TPSA) is 105 Å². The second-order valence-electron chi connectivity index (χ2n) is 7.51. The molecule has 0 aliphatic rings. The molecule has 0 fully saturated rings. The molecule has 0 saturated carbocycles. The maximum atomic E-state index is 13.0. The van der Waals surface area contributed by atoms with Crippen molar-refractivity contribution in [2.45, 2.75) is 13.1 Å². The fourth-order valence-corrected chi connectivity index (χ4v) is 3.26. The molecule has 0 radical (unpaired) electrons. The van der Waals surface area contributed by atoms with Crippen LogP contribution in [0.25, 0.3) is 11.3 Å². The van der Waals surface area contributed by atoms with Gasteiger partial charge >= 0.3 is 6.18 Å². The first kappa shape index (κ1) is 23.6. The van der Waals surface area contributed by atoms with Gasteiger partial charge in [0.05, 0.1) is 16.8 Å². The first-order valence-electron chi connectivity index (χ1n) is 10.4. The molecule has 0 spiro atoms. The molecule has 0 atom stereocenters. The van der Waals surface area contributed by atoms with Crippen molar-refractivity contribution >= 4 is 28.9 Å². The van der Waals surface area contributed by atoms with E-state index in [1.54, 1.807) is 37.5 Å². The van der Waals surface area contributed by atoms with Gasteiger partial charge in [0.25, 0.3) is 5.91 Å². The fraction of sp³-hybridized carbons (Fsp3) is 0.125. The number of carbonyl (C=O) groups is 1. The number of hydrogen-bond acceptors (Lipinski definition) is 7. The Labute approximate surface area is 198 Å². The molecular formula is C24H20F3N7O. The van der Waals surface area contributed by atoms with Crippen molar-refractivity contribution in [3.63, 3.8) is 0 Å². The van der Waals surface area contributed by atoms with Crippen LogP contribution in [-0.4, -0.2) is 32.9 Å². The lowest BCUT2D eigenvalue weighted by Gasteiger charge is -2.14. The molecule has 1 amide bonds. The Morgan fingerprint density at radius 3 is 2.57 bits per heavy atom. The Kier molecular flexibility index (Phi) is 6.58. The number of alkyl halides is 3. The van der Waals surface area contributed by atoms with E-state index in [0.29, 0.717) is 34.3 Å². The Morgan fingerprint density at radius 1 is 0.971 bits per heavy atom. The van der Waals surface area contributed by atoms with Gasteiger partial charge in [-0.25, -0.2) is 19.9 Å². The Hall–Kier alpha value is -4.54. The van der Waals surface area contributed by atoms with Crippen LogP contribution in [0.1, 0.15) is 21.5 Å². The van der Waals surface area contributed by atoms with Gasteiger partial charge in [0.1, 0.15) is 24.3 Å². The second kappa shape index (κ2) is 9.75. The first-order valence-corrected chi connectivity index (χ1v) is 10.4. The lowest BCUT2D eigenvalue weighted by atomic mass is 10.1. The van der Waals surface area contributed by atoms with Crippen LogP contribution in [0, 0.1) is 6.92 Å². The number of nitrogens with zero attached hydrogens (tertiary/aromatic N) is 4. The molecule has 35 heavy (non-hydrogen) atoms. The van der Waals surface area contributed by atoms with E-state index in [4.69, 9.17) is 0 Å². The normalized spacial score (nSPS) is 11.1. The lowest BCUT2D eigenvalue weighted by molar-refractivity contribution is -0.137. The molecule has 0 unspecified atom stereocenters. The smallest absolute Gasteiger partial charge is 0.373 e. The molecule has 4 aromatic rings. The Bertz CT molecular complexity index is 1380. The highest BCUT2D eigenvalue weighted by molar-refractivity contribution is 6.04. The van der Waals surface area contributed by atoms with E-state index < -0.39 is 17.6 Å². The van der Waals surface area contributed by atoms with Crippen molar-refractivity contribution < 1.29 is 18.0 Å². The van der Waals surface area contributed by atoms with Crippen molar-refractivity contribution in [2.75, 3.05) is 23.0 Å². The van der Waals surface area contributed by atoms with Crippen LogP contribution in [0.15, 0.2) is 67.4 Å². The van der Waals surface area contributed by atoms with Crippen molar-refractivity contribution in [3.05, 3.63) is 84.1 Å². The maximum Gasteiger partial charge on any atom is 0.416 e. The van der Waals surface area contributed by atoms with Crippen molar-refractivity contribution in [2.24, 2.45) is 0 Å². The van der Waals surface area contributed by atoms with Gasteiger partial charge in [-0.05, 0) is 42.8 Å². The Balaban J connectivity index is 1.59. The molecule has 11 heteroatoms. The van der Waals surface area contributed by atoms with Gasteiger partial charge in [-0.1, -0.05) is 12.1 Å². The molecule has 0 bridgehead atoms. The van der Waals surface area contributed by atoms with Crippen LogP contribution in [0.5, 0.6) is 0 Å². The van der Waals surface area contributed by atoms with Gasteiger partial charge in [0, 0.05) is 36.2 Å². The molecule has 0 aliphatic heterocycles.